The summed E-state index contributed by atoms with van der Waals surface area (Å²) in [4.78, 5) is 0. The van der Waals surface area contributed by atoms with Crippen LogP contribution in [0.2, 0.25) is 0 Å². The molecule has 0 spiro atoms. The summed E-state index contributed by atoms with van der Waals surface area (Å²) < 4.78 is 26.3. The topological polar surface area (TPSA) is 75.4 Å². The van der Waals surface area contributed by atoms with E-state index in [1.54, 1.807) is 0 Å². The fourth-order valence-electron chi connectivity index (χ4n) is 1.47. The van der Waals surface area contributed by atoms with E-state index < -0.39 is 10.2 Å². The minimum atomic E-state index is -3.32. The lowest BCUT2D eigenvalue weighted by Gasteiger charge is -2.14. The summed E-state index contributed by atoms with van der Waals surface area (Å²) in [5.74, 6) is 0. The first kappa shape index (κ1) is 10.8. The molecule has 0 saturated heterocycles. The molecule has 1 aliphatic rings. The molecule has 2 rings (SSSR count). The zero-order chi connectivity index (χ0) is 11.6. The van der Waals surface area contributed by atoms with E-state index in [1.807, 2.05) is 24.3 Å². The number of hydrogen-bond donors (Lipinski definition) is 2. The van der Waals surface area contributed by atoms with Gasteiger partial charge in [0.2, 0.25) is 0 Å². The van der Waals surface area contributed by atoms with Crippen molar-refractivity contribution in [2.24, 2.45) is 0 Å². The Morgan fingerprint density at radius 3 is 2.50 bits per heavy atom. The smallest absolute Gasteiger partial charge is 0.323 e. The van der Waals surface area contributed by atoms with Gasteiger partial charge in [0.1, 0.15) is 0 Å². The van der Waals surface area contributed by atoms with Gasteiger partial charge in [-0.1, -0.05) is 12.1 Å². The van der Waals surface area contributed by atoms with E-state index in [2.05, 4.69) is 4.72 Å². The highest BCUT2D eigenvalue weighted by Gasteiger charge is 2.20. The number of nitrogens with zero attached hydrogens (tertiary/aromatic N) is 1. The van der Waals surface area contributed by atoms with Crippen molar-refractivity contribution >= 4 is 15.9 Å². The minimum Gasteiger partial charge on any atom is -0.399 e. The first-order valence-electron chi connectivity index (χ1n) is 4.88. The van der Waals surface area contributed by atoms with Gasteiger partial charge in [-0.15, -0.1) is 0 Å². The van der Waals surface area contributed by atoms with Crippen molar-refractivity contribution in [3.8, 4) is 0 Å². The van der Waals surface area contributed by atoms with Crippen LogP contribution in [0.5, 0.6) is 0 Å². The third-order valence-corrected chi connectivity index (χ3v) is 3.72. The summed E-state index contributed by atoms with van der Waals surface area (Å²) in [6, 6.07) is 7.41. The molecule has 0 saturated carbocycles. The van der Waals surface area contributed by atoms with Gasteiger partial charge in [-0.05, 0) is 24.1 Å². The highest BCUT2D eigenvalue weighted by molar-refractivity contribution is 7.87. The molecule has 5 nitrogen and oxygen atoms in total. The van der Waals surface area contributed by atoms with Crippen LogP contribution in [0.4, 0.5) is 5.69 Å². The van der Waals surface area contributed by atoms with Gasteiger partial charge in [-0.2, -0.15) is 8.42 Å². The molecule has 0 unspecified atom stereocenters. The lowest BCUT2D eigenvalue weighted by molar-refractivity contribution is 0.506. The van der Waals surface area contributed by atoms with Crippen molar-refractivity contribution < 1.29 is 8.42 Å². The first-order valence-corrected chi connectivity index (χ1v) is 6.32. The van der Waals surface area contributed by atoms with Crippen molar-refractivity contribution in [1.29, 1.82) is 0 Å². The van der Waals surface area contributed by atoms with Gasteiger partial charge in [-0.25, -0.2) is 0 Å². The molecule has 1 aromatic carbocycles. The molecule has 16 heavy (non-hydrogen) atoms. The Hall–Kier alpha value is -1.69. The third kappa shape index (κ3) is 2.27. The van der Waals surface area contributed by atoms with Gasteiger partial charge < -0.3 is 5.73 Å². The van der Waals surface area contributed by atoms with E-state index in [4.69, 9.17) is 5.73 Å². The number of nitrogens with two attached hydrogens (primary N) is 1. The first-order chi connectivity index (χ1) is 7.58. The summed E-state index contributed by atoms with van der Waals surface area (Å²) in [6.45, 7) is 0.426. The van der Waals surface area contributed by atoms with Crippen LogP contribution in [0.15, 0.2) is 36.7 Å². The van der Waals surface area contributed by atoms with Gasteiger partial charge in [0.15, 0.2) is 0 Å². The van der Waals surface area contributed by atoms with E-state index in [-0.39, 0.29) is 0 Å². The fraction of sp³-hybridized carbons (Fsp3) is 0.200. The molecular weight excluding hydrogens is 226 g/mol. The Bertz CT molecular complexity index is 493. The molecule has 0 bridgehead atoms. The highest BCUT2D eigenvalue weighted by atomic mass is 32.2. The molecule has 6 heteroatoms. The van der Waals surface area contributed by atoms with Crippen molar-refractivity contribution in [1.82, 2.24) is 9.03 Å². The van der Waals surface area contributed by atoms with Crippen molar-refractivity contribution in [3.05, 3.63) is 42.2 Å². The van der Waals surface area contributed by atoms with E-state index in [9.17, 15) is 8.42 Å². The SMILES string of the molecule is Nc1ccc(CCN2C=CNS2(=O)=O)cc1. The van der Waals surface area contributed by atoms with E-state index in [0.717, 1.165) is 5.56 Å². The number of hydrogen-bond acceptors (Lipinski definition) is 3. The highest BCUT2D eigenvalue weighted by Crippen LogP contribution is 2.10. The monoisotopic (exact) mass is 239 g/mol. The summed E-state index contributed by atoms with van der Waals surface area (Å²) in [7, 11) is -3.32. The number of anilines is 1. The molecule has 86 valence electrons. The summed E-state index contributed by atoms with van der Waals surface area (Å²) in [5.41, 5.74) is 7.33. The molecule has 0 fully saturated rings. The second kappa shape index (κ2) is 4.05. The largest absolute Gasteiger partial charge is 0.399 e. The lowest BCUT2D eigenvalue weighted by atomic mass is 10.1. The van der Waals surface area contributed by atoms with Crippen molar-refractivity contribution in [2.75, 3.05) is 12.3 Å². The van der Waals surface area contributed by atoms with Crippen LogP contribution < -0.4 is 10.5 Å². The van der Waals surface area contributed by atoms with Gasteiger partial charge in [0.05, 0.1) is 0 Å². The van der Waals surface area contributed by atoms with Gasteiger partial charge in [-0.3, -0.25) is 9.03 Å². The van der Waals surface area contributed by atoms with Crippen LogP contribution in [0.1, 0.15) is 5.56 Å². The Labute approximate surface area is 94.7 Å². The standard InChI is InChI=1S/C10H13N3O2S/c11-10-3-1-9(2-4-10)5-7-13-8-6-12-16(13,14)15/h1-4,6,8,12H,5,7,11H2. The number of nitrogen functional groups attached to an aromatic ring is 1. The molecule has 0 aromatic heterocycles. The van der Waals surface area contributed by atoms with Crippen LogP contribution in [0.3, 0.4) is 0 Å². The van der Waals surface area contributed by atoms with Gasteiger partial charge in [0.25, 0.3) is 0 Å². The molecule has 1 aromatic rings. The summed E-state index contributed by atoms with van der Waals surface area (Å²) in [5, 5.41) is 0. The van der Waals surface area contributed by atoms with E-state index >= 15 is 0 Å². The van der Waals surface area contributed by atoms with Crippen LogP contribution in [0, 0.1) is 0 Å². The van der Waals surface area contributed by atoms with Crippen LogP contribution >= 0.6 is 0 Å². The predicted octanol–water partition coefficient (Wildman–Crippen LogP) is 0.433. The minimum absolute atomic E-state index is 0.426. The number of nitrogens with one attached hydrogen (secondary N) is 1. The summed E-state index contributed by atoms with van der Waals surface area (Å²) in [6.07, 6.45) is 3.59. The van der Waals surface area contributed by atoms with Crippen molar-refractivity contribution in [3.63, 3.8) is 0 Å². The van der Waals surface area contributed by atoms with Gasteiger partial charge >= 0.3 is 10.2 Å². The normalized spacial score (nSPS) is 17.4. The average Bonchev–Trinajstić information content (AvgIpc) is 2.57. The lowest BCUT2D eigenvalue weighted by Crippen LogP contribution is -2.30. The second-order valence-electron chi connectivity index (χ2n) is 3.54. The Balaban J connectivity index is 1.98. The molecule has 1 aliphatic heterocycles. The molecule has 0 atom stereocenters. The Kier molecular flexibility index (Phi) is 2.74. The molecule has 0 amide bonds. The molecule has 0 aliphatic carbocycles. The number of rotatable bonds is 3. The van der Waals surface area contributed by atoms with Crippen molar-refractivity contribution in [2.45, 2.75) is 6.42 Å². The molecule has 3 N–H and O–H groups in total. The molecule has 1 heterocycles. The quantitative estimate of drug-likeness (QED) is 0.751. The van der Waals surface area contributed by atoms with Crippen LogP contribution in [0.25, 0.3) is 0 Å². The van der Waals surface area contributed by atoms with Crippen LogP contribution in [-0.4, -0.2) is 19.3 Å². The zero-order valence-corrected chi connectivity index (χ0v) is 9.44. The second-order valence-corrected chi connectivity index (χ2v) is 5.20. The number of benzene rings is 1. The summed E-state index contributed by atoms with van der Waals surface area (Å²) >= 11 is 0. The average molecular weight is 239 g/mol. The van der Waals surface area contributed by atoms with Crippen LogP contribution in [-0.2, 0) is 16.6 Å². The maximum atomic E-state index is 11.4. The third-order valence-electron chi connectivity index (χ3n) is 2.37. The fourth-order valence-corrected chi connectivity index (χ4v) is 2.39. The molecular formula is C10H13N3O2S. The molecule has 0 radical (unpaired) electrons. The Morgan fingerprint density at radius 2 is 1.94 bits per heavy atom. The van der Waals surface area contributed by atoms with E-state index in [1.165, 1.54) is 16.7 Å². The van der Waals surface area contributed by atoms with E-state index in [0.29, 0.717) is 18.7 Å². The Morgan fingerprint density at radius 1 is 1.25 bits per heavy atom. The maximum Gasteiger partial charge on any atom is 0.323 e. The predicted molar refractivity (Wildman–Crippen MR) is 62.5 cm³/mol. The zero-order valence-electron chi connectivity index (χ0n) is 8.63. The maximum absolute atomic E-state index is 11.4. The van der Waals surface area contributed by atoms with Gasteiger partial charge in [0, 0.05) is 24.6 Å².